The molecule has 0 bridgehead atoms. The first kappa shape index (κ1) is 14.0. The van der Waals surface area contributed by atoms with Gasteiger partial charge < -0.3 is 10.4 Å². The Morgan fingerprint density at radius 1 is 1.29 bits per heavy atom. The number of nitrogens with zero attached hydrogens (tertiary/aromatic N) is 1. The van der Waals surface area contributed by atoms with E-state index in [1.54, 1.807) is 23.1 Å². The van der Waals surface area contributed by atoms with Crippen molar-refractivity contribution in [3.05, 3.63) is 24.3 Å². The summed E-state index contributed by atoms with van der Waals surface area (Å²) < 4.78 is 2.36. The van der Waals surface area contributed by atoms with Crippen molar-refractivity contribution in [2.45, 2.75) is 41.6 Å². The molecule has 112 valence electrons. The maximum absolute atomic E-state index is 9.99. The van der Waals surface area contributed by atoms with Gasteiger partial charge in [-0.15, -0.1) is 11.3 Å². The summed E-state index contributed by atoms with van der Waals surface area (Å²) in [5.74, 6) is 1.56. The minimum Gasteiger partial charge on any atom is -0.394 e. The third-order valence-electron chi connectivity index (χ3n) is 4.44. The van der Waals surface area contributed by atoms with E-state index in [2.05, 4.69) is 23.5 Å². The third kappa shape index (κ3) is 2.97. The van der Waals surface area contributed by atoms with Crippen LogP contribution in [0.2, 0.25) is 0 Å². The second-order valence-electron chi connectivity index (χ2n) is 6.24. The van der Waals surface area contributed by atoms with Crippen molar-refractivity contribution >= 4 is 33.3 Å². The SMILES string of the molecule is OCC(CSc1nc2ccccc2s1)(NC1CC1)C1CC1. The van der Waals surface area contributed by atoms with Crippen LogP contribution in [0.15, 0.2) is 28.6 Å². The predicted octanol–water partition coefficient (Wildman–Crippen LogP) is 3.28. The minimum atomic E-state index is -0.0936. The lowest BCUT2D eigenvalue weighted by molar-refractivity contribution is 0.157. The summed E-state index contributed by atoms with van der Waals surface area (Å²) in [5, 5.41) is 13.7. The molecule has 2 aromatic rings. The molecule has 4 rings (SSSR count). The van der Waals surface area contributed by atoms with Crippen LogP contribution in [0.3, 0.4) is 0 Å². The van der Waals surface area contributed by atoms with Crippen LogP contribution >= 0.6 is 23.1 Å². The lowest BCUT2D eigenvalue weighted by Crippen LogP contribution is -2.53. The molecule has 0 saturated heterocycles. The molecule has 2 N–H and O–H groups in total. The predicted molar refractivity (Wildman–Crippen MR) is 89.0 cm³/mol. The zero-order valence-electron chi connectivity index (χ0n) is 11.9. The van der Waals surface area contributed by atoms with Gasteiger partial charge in [-0.2, -0.15) is 0 Å². The highest BCUT2D eigenvalue weighted by Crippen LogP contribution is 2.44. The van der Waals surface area contributed by atoms with E-state index >= 15 is 0 Å². The first-order valence-corrected chi connectivity index (χ1v) is 9.46. The number of fused-ring (bicyclic) bond motifs is 1. The molecule has 2 aliphatic carbocycles. The van der Waals surface area contributed by atoms with Gasteiger partial charge >= 0.3 is 0 Å². The fourth-order valence-corrected chi connectivity index (χ4v) is 5.20. The highest BCUT2D eigenvalue weighted by Gasteiger charge is 2.47. The molecule has 1 aromatic carbocycles. The molecule has 0 spiro atoms. The molecule has 1 unspecified atom stereocenters. The van der Waals surface area contributed by atoms with Gasteiger partial charge in [-0.3, -0.25) is 0 Å². The van der Waals surface area contributed by atoms with Crippen LogP contribution in [0.25, 0.3) is 10.2 Å². The van der Waals surface area contributed by atoms with Crippen molar-refractivity contribution in [2.24, 2.45) is 5.92 Å². The van der Waals surface area contributed by atoms with E-state index in [-0.39, 0.29) is 12.1 Å². The van der Waals surface area contributed by atoms with Crippen LogP contribution < -0.4 is 5.32 Å². The number of thiazole rings is 1. The molecule has 5 heteroatoms. The summed E-state index contributed by atoms with van der Waals surface area (Å²) in [6, 6.07) is 8.92. The lowest BCUT2D eigenvalue weighted by atomic mass is 9.96. The molecule has 2 saturated carbocycles. The standard InChI is InChI=1S/C16H20N2OS2/c19-9-16(11-5-6-11,18-12-7-8-12)10-20-15-17-13-3-1-2-4-14(13)21-15/h1-4,11-12,18-19H,5-10H2. The van der Waals surface area contributed by atoms with E-state index in [0.29, 0.717) is 12.0 Å². The Morgan fingerprint density at radius 3 is 2.76 bits per heavy atom. The molecule has 0 aliphatic heterocycles. The maximum atomic E-state index is 9.99. The highest BCUT2D eigenvalue weighted by atomic mass is 32.2. The quantitative estimate of drug-likeness (QED) is 0.769. The molecule has 21 heavy (non-hydrogen) atoms. The molecular weight excluding hydrogens is 300 g/mol. The number of hydrogen-bond donors (Lipinski definition) is 2. The topological polar surface area (TPSA) is 45.2 Å². The van der Waals surface area contributed by atoms with Crippen molar-refractivity contribution in [3.63, 3.8) is 0 Å². The Kier molecular flexibility index (Phi) is 3.69. The van der Waals surface area contributed by atoms with Crippen LogP contribution in [-0.2, 0) is 0 Å². The molecule has 2 aliphatic rings. The van der Waals surface area contributed by atoms with Crippen LogP contribution in [-0.4, -0.2) is 34.0 Å². The molecule has 3 nitrogen and oxygen atoms in total. The van der Waals surface area contributed by atoms with Crippen molar-refractivity contribution in [1.29, 1.82) is 0 Å². The molecule has 1 heterocycles. The molecule has 1 aromatic heterocycles. The largest absolute Gasteiger partial charge is 0.394 e. The van der Waals surface area contributed by atoms with Crippen LogP contribution in [0.5, 0.6) is 0 Å². The number of aliphatic hydroxyl groups excluding tert-OH is 1. The summed E-state index contributed by atoms with van der Waals surface area (Å²) in [5.41, 5.74) is 0.991. The van der Waals surface area contributed by atoms with Gasteiger partial charge in [0, 0.05) is 11.8 Å². The van der Waals surface area contributed by atoms with Crippen molar-refractivity contribution in [1.82, 2.24) is 10.3 Å². The van der Waals surface area contributed by atoms with E-state index in [9.17, 15) is 5.11 Å². The first-order chi connectivity index (χ1) is 10.3. The number of aliphatic hydroxyl groups is 1. The fraction of sp³-hybridized carbons (Fsp3) is 0.562. The summed E-state index contributed by atoms with van der Waals surface area (Å²) in [6.45, 7) is 0.242. The number of rotatable bonds is 7. The average molecular weight is 320 g/mol. The van der Waals surface area contributed by atoms with E-state index in [4.69, 9.17) is 4.98 Å². The number of nitrogens with one attached hydrogen (secondary N) is 1. The number of aromatic nitrogens is 1. The van der Waals surface area contributed by atoms with Crippen LogP contribution in [0.4, 0.5) is 0 Å². The van der Waals surface area contributed by atoms with Gasteiger partial charge in [0.05, 0.1) is 22.4 Å². The van der Waals surface area contributed by atoms with Gasteiger partial charge in [-0.1, -0.05) is 23.9 Å². The summed E-state index contributed by atoms with van der Waals surface area (Å²) in [7, 11) is 0. The highest BCUT2D eigenvalue weighted by molar-refractivity contribution is 8.01. The molecular formula is C16H20N2OS2. The Labute approximate surface area is 133 Å². The Bertz CT molecular complexity index is 603. The van der Waals surface area contributed by atoms with Gasteiger partial charge in [0.2, 0.25) is 0 Å². The van der Waals surface area contributed by atoms with Crippen LogP contribution in [0, 0.1) is 5.92 Å². The second kappa shape index (κ2) is 5.54. The Hall–Kier alpha value is -0.620. The van der Waals surface area contributed by atoms with E-state index in [1.165, 1.54) is 30.4 Å². The van der Waals surface area contributed by atoms with E-state index in [1.807, 2.05) is 6.07 Å². The Morgan fingerprint density at radius 2 is 2.10 bits per heavy atom. The zero-order chi connectivity index (χ0) is 14.3. The number of thioether (sulfide) groups is 1. The third-order valence-corrected chi connectivity index (χ3v) is 6.87. The maximum Gasteiger partial charge on any atom is 0.151 e. The second-order valence-corrected chi connectivity index (χ2v) is 8.50. The van der Waals surface area contributed by atoms with E-state index in [0.717, 1.165) is 15.6 Å². The van der Waals surface area contributed by atoms with Gasteiger partial charge in [-0.05, 0) is 43.7 Å². The first-order valence-electron chi connectivity index (χ1n) is 7.66. The van der Waals surface area contributed by atoms with Gasteiger partial charge in [-0.25, -0.2) is 4.98 Å². The number of hydrogen-bond acceptors (Lipinski definition) is 5. The summed E-state index contributed by atoms with van der Waals surface area (Å²) in [6.07, 6.45) is 5.03. The molecule has 2 fully saturated rings. The molecule has 0 radical (unpaired) electrons. The smallest absolute Gasteiger partial charge is 0.151 e. The molecule has 1 atom stereocenters. The monoisotopic (exact) mass is 320 g/mol. The normalized spacial score (nSPS) is 21.6. The van der Waals surface area contributed by atoms with Gasteiger partial charge in [0.15, 0.2) is 4.34 Å². The fourth-order valence-electron chi connectivity index (χ4n) is 2.87. The average Bonchev–Trinajstić information content (AvgIpc) is 3.41. The number of para-hydroxylation sites is 1. The minimum absolute atomic E-state index is 0.0936. The summed E-state index contributed by atoms with van der Waals surface area (Å²) >= 11 is 3.56. The summed E-state index contributed by atoms with van der Waals surface area (Å²) in [4.78, 5) is 4.70. The zero-order valence-corrected chi connectivity index (χ0v) is 13.6. The van der Waals surface area contributed by atoms with Crippen LogP contribution in [0.1, 0.15) is 25.7 Å². The van der Waals surface area contributed by atoms with Crippen molar-refractivity contribution in [2.75, 3.05) is 12.4 Å². The van der Waals surface area contributed by atoms with Crippen molar-refractivity contribution in [3.8, 4) is 0 Å². The Balaban J connectivity index is 1.49. The molecule has 0 amide bonds. The van der Waals surface area contributed by atoms with Gasteiger partial charge in [0.1, 0.15) is 0 Å². The number of benzene rings is 1. The van der Waals surface area contributed by atoms with E-state index < -0.39 is 0 Å². The van der Waals surface area contributed by atoms with Gasteiger partial charge in [0.25, 0.3) is 0 Å². The van der Waals surface area contributed by atoms with Crippen molar-refractivity contribution < 1.29 is 5.11 Å². The lowest BCUT2D eigenvalue weighted by Gasteiger charge is -2.33.